The first-order chi connectivity index (χ1) is 16.9. The zero-order valence-corrected chi connectivity index (χ0v) is 33.7. The Bertz CT molecular complexity index is 1140. The molecule has 0 aliphatic carbocycles. The van der Waals surface area contributed by atoms with Gasteiger partial charge >= 0.3 is 9.05 Å². The van der Waals surface area contributed by atoms with Crippen molar-refractivity contribution in [3.05, 3.63) is 76.7 Å². The van der Waals surface area contributed by atoms with Crippen molar-refractivity contribution in [1.82, 2.24) is 0 Å². The van der Waals surface area contributed by atoms with Crippen LogP contribution in [0.4, 0.5) is 0 Å². The second-order valence-electron chi connectivity index (χ2n) is 6.91. The maximum absolute atomic E-state index is 6.52. The number of halogens is 10. The highest BCUT2D eigenvalue weighted by atomic mass is 79.9. The van der Waals surface area contributed by atoms with Gasteiger partial charge in [0.2, 0.25) is 0 Å². The third-order valence-corrected chi connectivity index (χ3v) is 16.8. The van der Waals surface area contributed by atoms with Gasteiger partial charge in [-0.1, -0.05) is 0 Å². The number of hydrogen-bond acceptors (Lipinski definition) is 4. The standard InChI is InChI=1S/C21H12Br9ClO4Si/c1-9(8-31)32-36(33-13-5-2-10(22)16(25)19(13)28,34-14-6-3-11(23)17(26)20(14)29)35-15-7-4-12(24)18(27)21(15)30/h2-7,9H,8H2,1H3. The van der Waals surface area contributed by atoms with Crippen LogP contribution in [0.5, 0.6) is 17.2 Å². The largest absolute Gasteiger partial charge is 0.893 e. The van der Waals surface area contributed by atoms with E-state index in [0.29, 0.717) is 30.7 Å². The molecule has 194 valence electrons. The third-order valence-electron chi connectivity index (χ3n) is 4.27. The fourth-order valence-corrected chi connectivity index (χ4v) is 9.41. The number of rotatable bonds is 9. The lowest BCUT2D eigenvalue weighted by atomic mass is 10.3. The summed E-state index contributed by atoms with van der Waals surface area (Å²) >= 11 is 38.1. The van der Waals surface area contributed by atoms with Crippen LogP contribution in [-0.2, 0) is 4.43 Å². The molecule has 3 aromatic carbocycles. The molecular formula is C21H12Br9ClO4Si. The van der Waals surface area contributed by atoms with Crippen LogP contribution in [0.15, 0.2) is 76.7 Å². The van der Waals surface area contributed by atoms with Crippen molar-refractivity contribution in [2.75, 3.05) is 5.88 Å². The second-order valence-corrected chi connectivity index (χ2v) is 16.4. The van der Waals surface area contributed by atoms with Gasteiger partial charge in [-0.15, -0.1) is 11.6 Å². The Morgan fingerprint density at radius 1 is 0.583 bits per heavy atom. The molecule has 36 heavy (non-hydrogen) atoms. The summed E-state index contributed by atoms with van der Waals surface area (Å²) in [6.45, 7) is 1.82. The van der Waals surface area contributed by atoms with Gasteiger partial charge in [0.15, 0.2) is 0 Å². The van der Waals surface area contributed by atoms with E-state index in [9.17, 15) is 0 Å². The summed E-state index contributed by atoms with van der Waals surface area (Å²) in [7, 11) is -4.10. The summed E-state index contributed by atoms with van der Waals surface area (Å²) < 4.78 is 32.7. The predicted molar refractivity (Wildman–Crippen MR) is 178 cm³/mol. The highest BCUT2D eigenvalue weighted by Crippen LogP contribution is 2.44. The molecule has 0 bridgehead atoms. The van der Waals surface area contributed by atoms with Gasteiger partial charge in [-0.05, 0) is 187 Å². The Labute approximate surface area is 290 Å². The van der Waals surface area contributed by atoms with Gasteiger partial charge in [-0.2, -0.15) is 0 Å². The second kappa shape index (κ2) is 14.1. The highest BCUT2D eigenvalue weighted by molar-refractivity contribution is 9.15. The van der Waals surface area contributed by atoms with Crippen LogP contribution >= 0.6 is 155 Å². The Hall–Kier alpha value is 1.85. The normalized spacial score (nSPS) is 12.4. The molecule has 0 aliphatic heterocycles. The van der Waals surface area contributed by atoms with Crippen molar-refractivity contribution in [2.24, 2.45) is 0 Å². The van der Waals surface area contributed by atoms with E-state index in [2.05, 4.69) is 143 Å². The number of hydrogen-bond donors (Lipinski definition) is 0. The van der Waals surface area contributed by atoms with Gasteiger partial charge in [0.25, 0.3) is 0 Å². The zero-order valence-electron chi connectivity index (χ0n) is 17.7. The Kier molecular flexibility index (Phi) is 12.7. The van der Waals surface area contributed by atoms with E-state index in [-0.39, 0.29) is 5.88 Å². The molecule has 3 rings (SSSR count). The van der Waals surface area contributed by atoms with Crippen molar-refractivity contribution in [3.63, 3.8) is 0 Å². The lowest BCUT2D eigenvalue weighted by Crippen LogP contribution is -2.59. The van der Waals surface area contributed by atoms with E-state index in [1.54, 1.807) is 18.2 Å². The fourth-order valence-electron chi connectivity index (χ4n) is 2.58. The van der Waals surface area contributed by atoms with Crippen molar-refractivity contribution in [1.29, 1.82) is 0 Å². The van der Waals surface area contributed by atoms with Crippen LogP contribution in [0.2, 0.25) is 0 Å². The van der Waals surface area contributed by atoms with E-state index >= 15 is 0 Å². The molecule has 3 aromatic rings. The molecular weight excluding hydrogens is 1100 g/mol. The molecule has 1 unspecified atom stereocenters. The van der Waals surface area contributed by atoms with E-state index in [4.69, 9.17) is 29.3 Å². The minimum atomic E-state index is -4.10. The van der Waals surface area contributed by atoms with Crippen molar-refractivity contribution in [3.8, 4) is 17.2 Å². The Morgan fingerprint density at radius 3 is 1.17 bits per heavy atom. The summed E-state index contributed by atoms with van der Waals surface area (Å²) in [5.74, 6) is 1.52. The molecule has 0 N–H and O–H groups in total. The lowest BCUT2D eigenvalue weighted by Gasteiger charge is -2.31. The SMILES string of the molecule is CC(CCl)O[Si](Oc1ccc(Br)c(Br)c1Br)(Oc1ccc(Br)c(Br)c1Br)Oc1ccc(Br)c(Br)c1Br. The first-order valence-corrected chi connectivity index (χ1v) is 18.9. The zero-order chi connectivity index (χ0) is 26.8. The van der Waals surface area contributed by atoms with E-state index in [1.165, 1.54) is 0 Å². The van der Waals surface area contributed by atoms with Crippen molar-refractivity contribution < 1.29 is 17.7 Å². The van der Waals surface area contributed by atoms with Gasteiger partial charge in [0.05, 0.1) is 19.5 Å². The Balaban J connectivity index is 2.22. The summed E-state index contributed by atoms with van der Waals surface area (Å²) in [5.41, 5.74) is 0. The first-order valence-electron chi connectivity index (χ1n) is 9.60. The summed E-state index contributed by atoms with van der Waals surface area (Å²) in [6, 6.07) is 10.9. The van der Waals surface area contributed by atoms with Crippen LogP contribution in [0.3, 0.4) is 0 Å². The molecule has 0 aliphatic rings. The summed E-state index contributed by atoms with van der Waals surface area (Å²) in [4.78, 5) is 0. The maximum atomic E-state index is 6.52. The van der Waals surface area contributed by atoms with Gasteiger partial charge in [0, 0.05) is 32.7 Å². The van der Waals surface area contributed by atoms with Crippen molar-refractivity contribution >= 4 is 164 Å². The lowest BCUT2D eigenvalue weighted by molar-refractivity contribution is 0.0618. The molecule has 0 spiro atoms. The van der Waals surface area contributed by atoms with Crippen LogP contribution in [-0.4, -0.2) is 21.0 Å². The molecule has 0 heterocycles. The molecule has 0 saturated carbocycles. The summed E-state index contributed by atoms with van der Waals surface area (Å²) in [6.07, 6.45) is -0.466. The molecule has 0 amide bonds. The molecule has 0 aromatic heterocycles. The molecule has 15 heteroatoms. The molecule has 0 fully saturated rings. The average Bonchev–Trinajstić information content (AvgIpc) is 2.85. The number of alkyl halides is 1. The molecule has 0 saturated heterocycles. The van der Waals surface area contributed by atoms with Crippen LogP contribution in [0.25, 0.3) is 0 Å². The predicted octanol–water partition coefficient (Wildman–Crippen LogP) is 12.2. The quantitative estimate of drug-likeness (QED) is 0.122. The van der Waals surface area contributed by atoms with E-state index in [1.807, 2.05) is 25.1 Å². The Morgan fingerprint density at radius 2 is 0.889 bits per heavy atom. The minimum Gasteiger partial charge on any atom is -0.460 e. The van der Waals surface area contributed by atoms with Crippen LogP contribution in [0, 0.1) is 0 Å². The molecule has 0 radical (unpaired) electrons. The monoisotopic (exact) mass is 1100 g/mol. The molecule has 4 nitrogen and oxygen atoms in total. The van der Waals surface area contributed by atoms with Crippen molar-refractivity contribution in [2.45, 2.75) is 13.0 Å². The smallest absolute Gasteiger partial charge is 0.460 e. The highest BCUT2D eigenvalue weighted by Gasteiger charge is 2.57. The van der Waals surface area contributed by atoms with Gasteiger partial charge in [-0.25, -0.2) is 0 Å². The topological polar surface area (TPSA) is 36.9 Å². The summed E-state index contributed by atoms with van der Waals surface area (Å²) in [5, 5.41) is 0. The van der Waals surface area contributed by atoms with Gasteiger partial charge in [-0.3, -0.25) is 0 Å². The van der Waals surface area contributed by atoms with Gasteiger partial charge in [0.1, 0.15) is 17.2 Å². The fraction of sp³-hybridized carbons (Fsp3) is 0.143. The number of benzene rings is 3. The van der Waals surface area contributed by atoms with Crippen LogP contribution < -0.4 is 13.3 Å². The molecule has 1 atom stereocenters. The van der Waals surface area contributed by atoms with Gasteiger partial charge < -0.3 is 17.7 Å². The van der Waals surface area contributed by atoms with E-state index in [0.717, 1.165) is 26.8 Å². The third kappa shape index (κ3) is 7.77. The van der Waals surface area contributed by atoms with Crippen LogP contribution in [0.1, 0.15) is 6.92 Å². The van der Waals surface area contributed by atoms with E-state index < -0.39 is 15.2 Å². The minimum absolute atomic E-state index is 0.187. The maximum Gasteiger partial charge on any atom is 0.893 e. The average molecular weight is 1110 g/mol. The first kappa shape index (κ1) is 32.4.